The zero-order valence-electron chi connectivity index (χ0n) is 22.3. The van der Waals surface area contributed by atoms with E-state index in [4.69, 9.17) is 29.4 Å². The average molecular weight is 547 g/mol. The molecule has 0 saturated carbocycles. The number of nitrogens with zero attached hydrogens (tertiary/aromatic N) is 8. The van der Waals surface area contributed by atoms with Crippen LogP contribution in [0.4, 0.5) is 0 Å². The fourth-order valence-electron chi connectivity index (χ4n) is 6.01. The summed E-state index contributed by atoms with van der Waals surface area (Å²) in [5.41, 5.74) is 7.83. The number of aromatic nitrogens is 8. The van der Waals surface area contributed by atoms with Gasteiger partial charge < -0.3 is 9.47 Å². The minimum atomic E-state index is 0.455. The predicted molar refractivity (Wildman–Crippen MR) is 162 cm³/mol. The van der Waals surface area contributed by atoms with Gasteiger partial charge in [0.1, 0.15) is 22.1 Å². The lowest BCUT2D eigenvalue weighted by Gasteiger charge is -2.16. The van der Waals surface area contributed by atoms with Crippen LogP contribution in [0.25, 0.3) is 87.7 Å². The number of fused-ring (bicyclic) bond motifs is 14. The van der Waals surface area contributed by atoms with Gasteiger partial charge in [-0.3, -0.25) is 19.9 Å². The molecule has 0 radical (unpaired) electrons. The highest BCUT2D eigenvalue weighted by molar-refractivity contribution is 6.24. The van der Waals surface area contributed by atoms with Crippen LogP contribution in [0.3, 0.4) is 0 Å². The summed E-state index contributed by atoms with van der Waals surface area (Å²) in [7, 11) is 3.21. The third-order valence-corrected chi connectivity index (χ3v) is 7.76. The normalized spacial score (nSPS) is 12.0. The third kappa shape index (κ3) is 2.87. The fourth-order valence-corrected chi connectivity index (χ4v) is 6.01. The number of methoxy groups -OCH3 is 2. The predicted octanol–water partition coefficient (Wildman–Crippen LogP) is 6.09. The second kappa shape index (κ2) is 8.31. The second-order valence-electron chi connectivity index (χ2n) is 9.90. The van der Waals surface area contributed by atoms with Crippen LogP contribution >= 0.6 is 0 Å². The summed E-state index contributed by atoms with van der Waals surface area (Å²) in [5, 5.41) is 3.37. The molecule has 0 atom stereocenters. The molecule has 0 saturated heterocycles. The van der Waals surface area contributed by atoms with E-state index in [1.54, 1.807) is 39.0 Å². The number of benzene rings is 3. The van der Waals surface area contributed by atoms with E-state index in [-0.39, 0.29) is 0 Å². The number of pyridine rings is 4. The molecule has 0 spiro atoms. The van der Waals surface area contributed by atoms with E-state index in [0.717, 1.165) is 43.6 Å². The van der Waals surface area contributed by atoms with Crippen molar-refractivity contribution in [2.24, 2.45) is 0 Å². The van der Waals surface area contributed by atoms with Crippen molar-refractivity contribution < 1.29 is 9.47 Å². The Kier molecular flexibility index (Phi) is 4.52. The summed E-state index contributed by atoms with van der Waals surface area (Å²) in [5.74, 6) is 0.910. The van der Waals surface area contributed by atoms with Crippen LogP contribution in [0.2, 0.25) is 0 Å². The van der Waals surface area contributed by atoms with Gasteiger partial charge in [-0.2, -0.15) is 0 Å². The van der Waals surface area contributed by atoms with Crippen molar-refractivity contribution >= 4 is 87.7 Å². The summed E-state index contributed by atoms with van der Waals surface area (Å²) >= 11 is 0. The van der Waals surface area contributed by atoms with E-state index >= 15 is 0 Å². The van der Waals surface area contributed by atoms with E-state index in [1.807, 2.05) is 48.5 Å². The highest BCUT2D eigenvalue weighted by Crippen LogP contribution is 2.43. The molecule has 0 aliphatic rings. The van der Waals surface area contributed by atoms with Crippen molar-refractivity contribution in [3.8, 4) is 11.5 Å². The maximum atomic E-state index is 6.02. The molecule has 0 aliphatic carbocycles. The van der Waals surface area contributed by atoms with Crippen molar-refractivity contribution in [2.45, 2.75) is 0 Å². The monoisotopic (exact) mass is 546 g/mol. The first-order chi connectivity index (χ1) is 20.8. The fraction of sp³-hybridized carbons (Fsp3) is 0.0625. The minimum absolute atomic E-state index is 0.455. The Bertz CT molecular complexity index is 2270. The Morgan fingerprint density at radius 1 is 0.357 bits per heavy atom. The number of hydrogen-bond acceptors (Lipinski definition) is 10. The molecule has 6 heterocycles. The van der Waals surface area contributed by atoms with Gasteiger partial charge >= 0.3 is 0 Å². The van der Waals surface area contributed by atoms with Crippen molar-refractivity contribution in [1.82, 2.24) is 39.9 Å². The number of ether oxygens (including phenoxy) is 2. The molecule has 198 valence electrons. The van der Waals surface area contributed by atoms with Gasteiger partial charge in [0.05, 0.1) is 58.4 Å². The molecule has 0 amide bonds. The van der Waals surface area contributed by atoms with Gasteiger partial charge in [0.25, 0.3) is 0 Å². The lowest BCUT2D eigenvalue weighted by atomic mass is 10.1. The smallest absolute Gasteiger partial charge is 0.174 e. The molecule has 10 nitrogen and oxygen atoms in total. The van der Waals surface area contributed by atoms with Crippen LogP contribution < -0.4 is 9.47 Å². The topological polar surface area (TPSA) is 122 Å². The van der Waals surface area contributed by atoms with Crippen LogP contribution in [0, 0.1) is 0 Å². The Hall–Kier alpha value is -5.90. The van der Waals surface area contributed by atoms with Crippen molar-refractivity contribution in [2.75, 3.05) is 14.2 Å². The van der Waals surface area contributed by atoms with Crippen molar-refractivity contribution in [3.63, 3.8) is 0 Å². The van der Waals surface area contributed by atoms with Crippen molar-refractivity contribution in [3.05, 3.63) is 73.3 Å². The van der Waals surface area contributed by atoms with Gasteiger partial charge in [0.15, 0.2) is 11.5 Å². The van der Waals surface area contributed by atoms with Gasteiger partial charge in [-0.1, -0.05) is 0 Å². The lowest BCUT2D eigenvalue weighted by Crippen LogP contribution is -2.02. The van der Waals surface area contributed by atoms with Crippen molar-refractivity contribution in [1.29, 1.82) is 0 Å². The summed E-state index contributed by atoms with van der Waals surface area (Å²) in [4.78, 5) is 39.1. The molecule has 0 aliphatic heterocycles. The molecule has 3 aromatic carbocycles. The van der Waals surface area contributed by atoms with Gasteiger partial charge in [-0.25, -0.2) is 19.9 Å². The maximum absolute atomic E-state index is 6.02. The van der Waals surface area contributed by atoms with E-state index in [9.17, 15) is 0 Å². The molecule has 0 N–H and O–H groups in total. The maximum Gasteiger partial charge on any atom is 0.174 e. The highest BCUT2D eigenvalue weighted by atomic mass is 16.5. The molecule has 9 rings (SSSR count). The van der Waals surface area contributed by atoms with Crippen LogP contribution in [0.1, 0.15) is 0 Å². The quantitative estimate of drug-likeness (QED) is 0.186. The first-order valence-electron chi connectivity index (χ1n) is 13.3. The van der Waals surface area contributed by atoms with Gasteiger partial charge in [-0.05, 0) is 48.5 Å². The number of hydrogen-bond donors (Lipinski definition) is 0. The standard InChI is InChI=1S/C32H18N8O2/c1-41-31-27-29(39-25-17-9-5-13-35-21(17)19-15(23(25)37-27)7-3-11-33-19)32(42-2)30-28(31)38-24-16-8-4-12-34-20(16)22-18(26(24)40-30)10-6-14-36-22/h3-14H,1-2H3. The van der Waals surface area contributed by atoms with E-state index in [1.165, 1.54) is 0 Å². The Labute approximate surface area is 236 Å². The van der Waals surface area contributed by atoms with E-state index in [2.05, 4.69) is 19.9 Å². The lowest BCUT2D eigenvalue weighted by molar-refractivity contribution is 0.415. The Morgan fingerprint density at radius 2 is 0.619 bits per heavy atom. The molecule has 10 heteroatoms. The third-order valence-electron chi connectivity index (χ3n) is 7.76. The van der Waals surface area contributed by atoms with Crippen LogP contribution in [0.15, 0.2) is 73.3 Å². The SMILES string of the molecule is COc1c2nc3c4cccnc4c4ncccc4c3nc2c(OC)c2nc3c4cccnc4c4ncccc4c3nc12. The minimum Gasteiger partial charge on any atom is -0.492 e. The molecular formula is C32H18N8O2. The molecule has 6 aromatic heterocycles. The van der Waals surface area contributed by atoms with Crippen LogP contribution in [0.5, 0.6) is 11.5 Å². The molecule has 0 bridgehead atoms. The van der Waals surface area contributed by atoms with E-state index < -0.39 is 0 Å². The Balaban J connectivity index is 1.54. The zero-order chi connectivity index (χ0) is 27.9. The van der Waals surface area contributed by atoms with Crippen LogP contribution in [-0.4, -0.2) is 54.1 Å². The largest absolute Gasteiger partial charge is 0.492 e. The average Bonchev–Trinajstić information content (AvgIpc) is 3.06. The molecular weight excluding hydrogens is 528 g/mol. The van der Waals surface area contributed by atoms with Gasteiger partial charge in [0, 0.05) is 46.3 Å². The second-order valence-corrected chi connectivity index (χ2v) is 9.90. The first-order valence-corrected chi connectivity index (χ1v) is 13.3. The van der Waals surface area contributed by atoms with E-state index in [0.29, 0.717) is 55.6 Å². The number of rotatable bonds is 2. The first kappa shape index (κ1) is 22.9. The van der Waals surface area contributed by atoms with Gasteiger partial charge in [-0.15, -0.1) is 0 Å². The molecule has 42 heavy (non-hydrogen) atoms. The summed E-state index contributed by atoms with van der Waals surface area (Å²) in [6, 6.07) is 15.5. The molecule has 0 unspecified atom stereocenters. The molecule has 0 fully saturated rings. The van der Waals surface area contributed by atoms with Gasteiger partial charge in [0.2, 0.25) is 0 Å². The van der Waals surface area contributed by atoms with Crippen LogP contribution in [-0.2, 0) is 0 Å². The summed E-state index contributed by atoms with van der Waals surface area (Å²) in [6.45, 7) is 0. The highest BCUT2D eigenvalue weighted by Gasteiger charge is 2.25. The molecule has 9 aromatic rings. The summed E-state index contributed by atoms with van der Waals surface area (Å²) in [6.07, 6.45) is 7.03. The zero-order valence-corrected chi connectivity index (χ0v) is 22.3. The Morgan fingerprint density at radius 3 is 0.857 bits per heavy atom. The summed E-state index contributed by atoms with van der Waals surface area (Å²) < 4.78 is 12.0.